The van der Waals surface area contributed by atoms with Gasteiger partial charge in [-0.3, -0.25) is 0 Å². The van der Waals surface area contributed by atoms with E-state index in [-0.39, 0.29) is 68.2 Å². The van der Waals surface area contributed by atoms with Crippen molar-refractivity contribution in [3.05, 3.63) is 53.1 Å². The molecular formula is C21H21NO6. The van der Waals surface area contributed by atoms with Crippen molar-refractivity contribution in [2.45, 2.75) is 20.8 Å². The minimum Gasteiger partial charge on any atom is -0.507 e. The highest BCUT2D eigenvalue weighted by molar-refractivity contribution is 5.81. The van der Waals surface area contributed by atoms with Crippen LogP contribution in [0.2, 0.25) is 0 Å². The first kappa shape index (κ1) is 19.0. The van der Waals surface area contributed by atoms with Crippen LogP contribution in [0.15, 0.2) is 36.4 Å². The van der Waals surface area contributed by atoms with Crippen LogP contribution in [0.5, 0.6) is 34.5 Å². The fraction of sp³-hybridized carbons (Fsp3) is 0.143. The number of phenols is 6. The molecule has 0 saturated heterocycles. The van der Waals surface area contributed by atoms with Crippen molar-refractivity contribution in [3.63, 3.8) is 0 Å². The van der Waals surface area contributed by atoms with Gasteiger partial charge < -0.3 is 35.5 Å². The Morgan fingerprint density at radius 1 is 0.429 bits per heavy atom. The highest BCUT2D eigenvalue weighted by Gasteiger charge is 2.20. The van der Waals surface area contributed by atoms with E-state index >= 15 is 0 Å². The molecule has 7 nitrogen and oxygen atoms in total. The third kappa shape index (κ3) is 3.18. The van der Waals surface area contributed by atoms with Crippen LogP contribution in [0.1, 0.15) is 16.7 Å². The van der Waals surface area contributed by atoms with Crippen LogP contribution in [0, 0.1) is 20.8 Å². The first-order chi connectivity index (χ1) is 13.1. The average molecular weight is 383 g/mol. The lowest BCUT2D eigenvalue weighted by Gasteiger charge is -2.27. The third-order valence-electron chi connectivity index (χ3n) is 4.79. The Labute approximate surface area is 161 Å². The lowest BCUT2D eigenvalue weighted by molar-refractivity contribution is 0.443. The lowest BCUT2D eigenvalue weighted by atomic mass is 10.1. The smallest absolute Gasteiger partial charge is 0.124 e. The zero-order chi connectivity index (χ0) is 20.7. The van der Waals surface area contributed by atoms with E-state index in [1.807, 2.05) is 0 Å². The van der Waals surface area contributed by atoms with E-state index in [9.17, 15) is 30.6 Å². The molecule has 0 amide bonds. The van der Waals surface area contributed by atoms with Gasteiger partial charge in [-0.15, -0.1) is 0 Å². The Balaban J connectivity index is 2.32. The molecule has 0 aromatic heterocycles. The summed E-state index contributed by atoms with van der Waals surface area (Å²) in [6, 6.07) is 8.32. The summed E-state index contributed by atoms with van der Waals surface area (Å²) >= 11 is 0. The number of hydrogen-bond acceptors (Lipinski definition) is 7. The number of nitrogens with zero attached hydrogens (tertiary/aromatic N) is 1. The summed E-state index contributed by atoms with van der Waals surface area (Å²) in [4.78, 5) is 1.45. The molecule has 0 heterocycles. The van der Waals surface area contributed by atoms with Gasteiger partial charge in [-0.25, -0.2) is 0 Å². The lowest BCUT2D eigenvalue weighted by Crippen LogP contribution is -2.10. The van der Waals surface area contributed by atoms with E-state index < -0.39 is 0 Å². The third-order valence-corrected chi connectivity index (χ3v) is 4.79. The molecule has 0 atom stereocenters. The van der Waals surface area contributed by atoms with Crippen LogP contribution in [0.4, 0.5) is 17.1 Å². The Kier molecular flexibility index (Phi) is 4.60. The SMILES string of the molecule is Cc1c(O)cc(N(c2cc(O)c(C)c(O)c2)c2cc(O)c(C)c(O)c2)cc1O. The summed E-state index contributed by atoms with van der Waals surface area (Å²) in [5, 5.41) is 60.9. The van der Waals surface area contributed by atoms with Gasteiger partial charge in [0.05, 0.1) is 17.1 Å². The van der Waals surface area contributed by atoms with Gasteiger partial charge in [-0.2, -0.15) is 0 Å². The Bertz CT molecular complexity index is 871. The van der Waals surface area contributed by atoms with Crippen LogP contribution in [0.25, 0.3) is 0 Å². The highest BCUT2D eigenvalue weighted by Crippen LogP contribution is 2.45. The zero-order valence-corrected chi connectivity index (χ0v) is 15.6. The van der Waals surface area contributed by atoms with Crippen LogP contribution < -0.4 is 4.90 Å². The van der Waals surface area contributed by atoms with E-state index in [1.165, 1.54) is 41.3 Å². The second-order valence-corrected chi connectivity index (χ2v) is 6.66. The van der Waals surface area contributed by atoms with Crippen LogP contribution in [0.3, 0.4) is 0 Å². The molecule has 0 unspecified atom stereocenters. The minimum absolute atomic E-state index is 0.166. The molecule has 6 N–H and O–H groups in total. The van der Waals surface area contributed by atoms with Gasteiger partial charge in [0.15, 0.2) is 0 Å². The maximum Gasteiger partial charge on any atom is 0.124 e. The molecule has 0 aliphatic rings. The minimum atomic E-state index is -0.166. The molecule has 3 aromatic rings. The quantitative estimate of drug-likeness (QED) is 0.398. The molecule has 0 fully saturated rings. The molecule has 0 spiro atoms. The summed E-state index contributed by atoms with van der Waals surface area (Å²) in [7, 11) is 0. The predicted octanol–water partition coefficient (Wildman–Crippen LogP) is 4.32. The van der Waals surface area contributed by atoms with Crippen molar-refractivity contribution < 1.29 is 30.6 Å². The van der Waals surface area contributed by atoms with Crippen molar-refractivity contribution in [2.24, 2.45) is 0 Å². The summed E-state index contributed by atoms with van der Waals surface area (Å²) in [6.07, 6.45) is 0. The van der Waals surface area contributed by atoms with E-state index in [1.54, 1.807) is 20.8 Å². The van der Waals surface area contributed by atoms with E-state index in [0.29, 0.717) is 0 Å². The monoisotopic (exact) mass is 383 g/mol. The molecule has 28 heavy (non-hydrogen) atoms. The van der Waals surface area contributed by atoms with Crippen molar-refractivity contribution >= 4 is 17.1 Å². The highest BCUT2D eigenvalue weighted by atomic mass is 16.3. The van der Waals surface area contributed by atoms with Crippen molar-refractivity contribution in [3.8, 4) is 34.5 Å². The molecule has 146 valence electrons. The van der Waals surface area contributed by atoms with Crippen LogP contribution in [-0.2, 0) is 0 Å². The molecule has 0 saturated carbocycles. The van der Waals surface area contributed by atoms with Gasteiger partial charge in [-0.05, 0) is 20.8 Å². The van der Waals surface area contributed by atoms with E-state index in [4.69, 9.17) is 0 Å². The summed E-state index contributed by atoms with van der Waals surface area (Å²) in [6.45, 7) is 4.64. The maximum absolute atomic E-state index is 10.1. The van der Waals surface area contributed by atoms with E-state index in [2.05, 4.69) is 0 Å². The van der Waals surface area contributed by atoms with Gasteiger partial charge in [0.1, 0.15) is 34.5 Å². The summed E-state index contributed by atoms with van der Waals surface area (Å²) in [5.41, 5.74) is 1.71. The first-order valence-corrected chi connectivity index (χ1v) is 8.48. The fourth-order valence-electron chi connectivity index (χ4n) is 2.84. The topological polar surface area (TPSA) is 125 Å². The fourth-order valence-corrected chi connectivity index (χ4v) is 2.84. The summed E-state index contributed by atoms with van der Waals surface area (Å²) < 4.78 is 0. The number of anilines is 3. The predicted molar refractivity (Wildman–Crippen MR) is 105 cm³/mol. The number of phenolic OH excluding ortho intramolecular Hbond substituents is 6. The van der Waals surface area contributed by atoms with Crippen LogP contribution >= 0.6 is 0 Å². The molecule has 0 aliphatic carbocycles. The van der Waals surface area contributed by atoms with Gasteiger partial charge in [0.2, 0.25) is 0 Å². The molecule has 0 aliphatic heterocycles. The van der Waals surface area contributed by atoms with Crippen LogP contribution in [-0.4, -0.2) is 30.6 Å². The summed E-state index contributed by atoms with van der Waals surface area (Å²) in [5.74, 6) is -0.994. The maximum atomic E-state index is 10.1. The normalized spacial score (nSPS) is 10.8. The second kappa shape index (κ2) is 6.77. The van der Waals surface area contributed by atoms with E-state index in [0.717, 1.165) is 0 Å². The van der Waals surface area contributed by atoms with Gasteiger partial charge >= 0.3 is 0 Å². The number of benzene rings is 3. The Morgan fingerprint density at radius 3 is 0.786 bits per heavy atom. The number of rotatable bonds is 3. The van der Waals surface area contributed by atoms with Gasteiger partial charge in [-0.1, -0.05) is 0 Å². The molecular weight excluding hydrogens is 362 g/mol. The second-order valence-electron chi connectivity index (χ2n) is 6.66. The average Bonchev–Trinajstić information content (AvgIpc) is 2.62. The Hall–Kier alpha value is -3.74. The number of aromatic hydroxyl groups is 6. The van der Waals surface area contributed by atoms with Crippen molar-refractivity contribution in [1.82, 2.24) is 0 Å². The zero-order valence-electron chi connectivity index (χ0n) is 15.6. The largest absolute Gasteiger partial charge is 0.507 e. The molecule has 3 rings (SSSR count). The molecule has 0 bridgehead atoms. The Morgan fingerprint density at radius 2 is 0.607 bits per heavy atom. The van der Waals surface area contributed by atoms with Crippen molar-refractivity contribution in [2.75, 3.05) is 4.90 Å². The van der Waals surface area contributed by atoms with Gasteiger partial charge in [0, 0.05) is 53.1 Å². The number of hydrogen-bond donors (Lipinski definition) is 6. The molecule has 3 aromatic carbocycles. The van der Waals surface area contributed by atoms with Crippen molar-refractivity contribution in [1.29, 1.82) is 0 Å². The van der Waals surface area contributed by atoms with Gasteiger partial charge in [0.25, 0.3) is 0 Å². The first-order valence-electron chi connectivity index (χ1n) is 8.48. The molecule has 7 heteroatoms. The standard InChI is InChI=1S/C21H21NO6/c1-10-16(23)4-13(5-17(10)24)22(14-6-18(25)11(2)19(26)7-14)15-8-20(27)12(3)21(28)9-15/h4-9,23-28H,1-3H3. The molecule has 0 radical (unpaired) electrons.